The first-order valence-corrected chi connectivity index (χ1v) is 8.48. The molecular weight excluding hydrogens is 294 g/mol. The summed E-state index contributed by atoms with van der Waals surface area (Å²) in [7, 11) is 0. The molecule has 0 saturated heterocycles. The first-order valence-electron chi connectivity index (χ1n) is 8.48. The third-order valence-corrected chi connectivity index (χ3v) is 4.49. The fourth-order valence-corrected chi connectivity index (χ4v) is 2.62. The van der Waals surface area contributed by atoms with Gasteiger partial charge in [0, 0.05) is 12.4 Å². The van der Waals surface area contributed by atoms with Gasteiger partial charge in [-0.3, -0.25) is 9.97 Å². The maximum atomic E-state index is 4.90. The molecule has 0 fully saturated rings. The van der Waals surface area contributed by atoms with Crippen molar-refractivity contribution in [3.63, 3.8) is 0 Å². The lowest BCUT2D eigenvalue weighted by Crippen LogP contribution is -2.09. The van der Waals surface area contributed by atoms with E-state index in [1.54, 1.807) is 6.20 Å². The SMILES string of the molecule is CC(C)C(C)Cc1ccc(-c2ccccn2)nc1-c1ccccn1. The van der Waals surface area contributed by atoms with Crippen molar-refractivity contribution in [2.75, 3.05) is 0 Å². The lowest BCUT2D eigenvalue weighted by molar-refractivity contribution is 0.417. The fourth-order valence-electron chi connectivity index (χ4n) is 2.62. The summed E-state index contributed by atoms with van der Waals surface area (Å²) in [5.74, 6) is 1.23. The van der Waals surface area contributed by atoms with Crippen LogP contribution in [0.5, 0.6) is 0 Å². The number of nitrogens with zero attached hydrogens (tertiary/aromatic N) is 3. The van der Waals surface area contributed by atoms with Gasteiger partial charge in [-0.05, 0) is 54.2 Å². The Labute approximate surface area is 143 Å². The highest BCUT2D eigenvalue weighted by Gasteiger charge is 2.15. The summed E-state index contributed by atoms with van der Waals surface area (Å²) >= 11 is 0. The maximum Gasteiger partial charge on any atom is 0.0926 e. The highest BCUT2D eigenvalue weighted by molar-refractivity contribution is 5.64. The summed E-state index contributed by atoms with van der Waals surface area (Å²) in [5.41, 5.74) is 4.90. The van der Waals surface area contributed by atoms with E-state index in [9.17, 15) is 0 Å². The second-order valence-corrected chi connectivity index (χ2v) is 6.56. The van der Waals surface area contributed by atoms with E-state index in [4.69, 9.17) is 4.98 Å². The van der Waals surface area contributed by atoms with Crippen LogP contribution in [0.4, 0.5) is 0 Å². The molecule has 3 nitrogen and oxygen atoms in total. The molecular formula is C21H23N3. The zero-order valence-corrected chi connectivity index (χ0v) is 14.5. The molecule has 3 aromatic rings. The molecule has 24 heavy (non-hydrogen) atoms. The van der Waals surface area contributed by atoms with Crippen molar-refractivity contribution in [1.82, 2.24) is 15.0 Å². The average Bonchev–Trinajstić information content (AvgIpc) is 2.63. The molecule has 3 heterocycles. The second-order valence-electron chi connectivity index (χ2n) is 6.56. The van der Waals surface area contributed by atoms with Crippen LogP contribution >= 0.6 is 0 Å². The van der Waals surface area contributed by atoms with E-state index in [1.807, 2.05) is 42.6 Å². The van der Waals surface area contributed by atoms with Crippen LogP contribution in [0, 0.1) is 11.8 Å². The Morgan fingerprint density at radius 3 is 2.00 bits per heavy atom. The van der Waals surface area contributed by atoms with Gasteiger partial charge < -0.3 is 0 Å². The minimum absolute atomic E-state index is 0.593. The summed E-state index contributed by atoms with van der Waals surface area (Å²) < 4.78 is 0. The predicted molar refractivity (Wildman–Crippen MR) is 98.4 cm³/mol. The summed E-state index contributed by atoms with van der Waals surface area (Å²) in [4.78, 5) is 13.8. The first kappa shape index (κ1) is 16.3. The summed E-state index contributed by atoms with van der Waals surface area (Å²) in [6.45, 7) is 6.82. The zero-order chi connectivity index (χ0) is 16.9. The molecule has 0 aromatic carbocycles. The fraction of sp³-hybridized carbons (Fsp3) is 0.286. The van der Waals surface area contributed by atoms with Gasteiger partial charge in [0.2, 0.25) is 0 Å². The van der Waals surface area contributed by atoms with Gasteiger partial charge in [-0.15, -0.1) is 0 Å². The van der Waals surface area contributed by atoms with E-state index in [2.05, 4.69) is 42.9 Å². The summed E-state index contributed by atoms with van der Waals surface area (Å²) in [6, 6.07) is 16.1. The van der Waals surface area contributed by atoms with E-state index >= 15 is 0 Å². The first-order chi connectivity index (χ1) is 11.6. The highest BCUT2D eigenvalue weighted by Crippen LogP contribution is 2.27. The topological polar surface area (TPSA) is 38.7 Å². The number of aromatic nitrogens is 3. The molecule has 3 rings (SSSR count). The van der Waals surface area contributed by atoms with Gasteiger partial charge in [0.1, 0.15) is 0 Å². The molecule has 0 bridgehead atoms. The maximum absolute atomic E-state index is 4.90. The van der Waals surface area contributed by atoms with E-state index in [0.29, 0.717) is 11.8 Å². The number of pyridine rings is 3. The van der Waals surface area contributed by atoms with Crippen LogP contribution < -0.4 is 0 Å². The van der Waals surface area contributed by atoms with Gasteiger partial charge in [0.05, 0.1) is 22.8 Å². The van der Waals surface area contributed by atoms with Crippen molar-refractivity contribution >= 4 is 0 Å². The molecule has 3 heteroatoms. The van der Waals surface area contributed by atoms with E-state index < -0.39 is 0 Å². The molecule has 3 aromatic heterocycles. The van der Waals surface area contributed by atoms with Crippen LogP contribution in [-0.2, 0) is 6.42 Å². The Morgan fingerprint density at radius 1 is 0.750 bits per heavy atom. The van der Waals surface area contributed by atoms with E-state index in [-0.39, 0.29) is 0 Å². The third kappa shape index (κ3) is 3.67. The van der Waals surface area contributed by atoms with Crippen molar-refractivity contribution in [2.45, 2.75) is 27.2 Å². The van der Waals surface area contributed by atoms with Crippen LogP contribution in [0.2, 0.25) is 0 Å². The largest absolute Gasteiger partial charge is 0.255 e. The minimum Gasteiger partial charge on any atom is -0.255 e. The standard InChI is InChI=1S/C21H23N3/c1-15(2)16(3)14-17-10-11-19(18-8-4-6-12-22-18)24-21(17)20-9-5-7-13-23-20/h4-13,15-16H,14H2,1-3H3. The van der Waals surface area contributed by atoms with Gasteiger partial charge in [-0.2, -0.15) is 0 Å². The van der Waals surface area contributed by atoms with Crippen LogP contribution in [0.15, 0.2) is 60.9 Å². The molecule has 0 aliphatic rings. The molecule has 0 N–H and O–H groups in total. The van der Waals surface area contributed by atoms with Crippen molar-refractivity contribution in [1.29, 1.82) is 0 Å². The highest BCUT2D eigenvalue weighted by atomic mass is 14.8. The van der Waals surface area contributed by atoms with Crippen LogP contribution in [0.3, 0.4) is 0 Å². The van der Waals surface area contributed by atoms with Crippen LogP contribution in [0.25, 0.3) is 22.8 Å². The predicted octanol–water partition coefficient (Wildman–Crippen LogP) is 5.04. The van der Waals surface area contributed by atoms with Gasteiger partial charge in [0.25, 0.3) is 0 Å². The molecule has 1 atom stereocenters. The molecule has 0 saturated carbocycles. The van der Waals surface area contributed by atoms with Gasteiger partial charge >= 0.3 is 0 Å². The second kappa shape index (κ2) is 7.35. The minimum atomic E-state index is 0.593. The Hall–Kier alpha value is -2.55. The average molecular weight is 317 g/mol. The third-order valence-electron chi connectivity index (χ3n) is 4.49. The van der Waals surface area contributed by atoms with Crippen molar-refractivity contribution in [3.05, 3.63) is 66.5 Å². The molecule has 0 spiro atoms. The number of hydrogen-bond donors (Lipinski definition) is 0. The molecule has 0 aliphatic carbocycles. The van der Waals surface area contributed by atoms with Crippen LogP contribution in [-0.4, -0.2) is 15.0 Å². The molecule has 0 aliphatic heterocycles. The van der Waals surface area contributed by atoms with Crippen molar-refractivity contribution < 1.29 is 0 Å². The molecule has 122 valence electrons. The van der Waals surface area contributed by atoms with Gasteiger partial charge in [-0.1, -0.05) is 39.0 Å². The molecule has 0 radical (unpaired) electrons. The smallest absolute Gasteiger partial charge is 0.0926 e. The van der Waals surface area contributed by atoms with Gasteiger partial charge in [0.15, 0.2) is 0 Å². The Bertz CT molecular complexity index is 783. The quantitative estimate of drug-likeness (QED) is 0.661. The monoisotopic (exact) mass is 317 g/mol. The Morgan fingerprint density at radius 2 is 1.42 bits per heavy atom. The lowest BCUT2D eigenvalue weighted by atomic mass is 9.90. The van der Waals surface area contributed by atoms with Crippen LogP contribution in [0.1, 0.15) is 26.3 Å². The summed E-state index contributed by atoms with van der Waals surface area (Å²) in [6.07, 6.45) is 4.62. The molecule has 1 unspecified atom stereocenters. The Balaban J connectivity index is 2.06. The number of hydrogen-bond acceptors (Lipinski definition) is 3. The van der Waals surface area contributed by atoms with Crippen molar-refractivity contribution in [2.24, 2.45) is 11.8 Å². The van der Waals surface area contributed by atoms with E-state index in [1.165, 1.54) is 5.56 Å². The zero-order valence-electron chi connectivity index (χ0n) is 14.5. The number of rotatable bonds is 5. The Kier molecular flexibility index (Phi) is 4.99. The van der Waals surface area contributed by atoms with E-state index in [0.717, 1.165) is 29.2 Å². The van der Waals surface area contributed by atoms with Gasteiger partial charge in [-0.25, -0.2) is 4.98 Å². The lowest BCUT2D eigenvalue weighted by Gasteiger charge is -2.18. The van der Waals surface area contributed by atoms with Crippen molar-refractivity contribution in [3.8, 4) is 22.8 Å². The normalized spacial score (nSPS) is 12.3. The summed E-state index contributed by atoms with van der Waals surface area (Å²) in [5, 5.41) is 0. The molecule has 0 amide bonds.